The van der Waals surface area contributed by atoms with E-state index in [1.807, 2.05) is 0 Å². The highest BCUT2D eigenvalue weighted by Gasteiger charge is 2.14. The summed E-state index contributed by atoms with van der Waals surface area (Å²) in [4.78, 5) is 10.2. The zero-order chi connectivity index (χ0) is 13.8. The summed E-state index contributed by atoms with van der Waals surface area (Å²) in [5, 5.41) is 15.4. The van der Waals surface area contributed by atoms with Crippen molar-refractivity contribution in [3.63, 3.8) is 0 Å². The van der Waals surface area contributed by atoms with Crippen molar-refractivity contribution in [1.29, 1.82) is 0 Å². The van der Waals surface area contributed by atoms with E-state index in [1.165, 1.54) is 0 Å². The lowest BCUT2D eigenvalue weighted by atomic mass is 10.2. The van der Waals surface area contributed by atoms with E-state index in [-0.39, 0.29) is 24.0 Å². The van der Waals surface area contributed by atoms with Gasteiger partial charge in [0.05, 0.1) is 5.56 Å². The molecule has 100 valence electrons. The second-order valence-corrected chi connectivity index (χ2v) is 3.51. The van der Waals surface area contributed by atoms with Crippen molar-refractivity contribution in [3.8, 4) is 11.5 Å². The molecule has 0 spiro atoms. The molecule has 0 radical (unpaired) electrons. The Bertz CT molecular complexity index is 600. The number of aliphatic carboxylic acids is 1. The maximum absolute atomic E-state index is 13.4. The van der Waals surface area contributed by atoms with Crippen LogP contribution in [0, 0.1) is 11.6 Å². The van der Waals surface area contributed by atoms with Crippen LogP contribution in [0.25, 0.3) is 11.5 Å². The minimum atomic E-state index is -1.14. The number of benzene rings is 1. The largest absolute Gasteiger partial charge is 0.480 e. The van der Waals surface area contributed by atoms with Gasteiger partial charge in [-0.2, -0.15) is 0 Å². The van der Waals surface area contributed by atoms with Crippen LogP contribution in [0.1, 0.15) is 5.89 Å². The number of rotatable bonds is 5. The quantitative estimate of drug-likeness (QED) is 0.888. The van der Waals surface area contributed by atoms with Gasteiger partial charge in [-0.15, -0.1) is 10.2 Å². The third-order valence-corrected chi connectivity index (χ3v) is 2.08. The van der Waals surface area contributed by atoms with Gasteiger partial charge >= 0.3 is 5.97 Å². The average Bonchev–Trinajstić information content (AvgIpc) is 2.80. The standard InChI is InChI=1S/C11H8F2N2O4/c12-6-1-2-8(13)7(3-6)11-15-14-9(19-11)4-18-5-10(16)17/h1-3H,4-5H2,(H,16,17). The Morgan fingerprint density at radius 1 is 1.37 bits per heavy atom. The van der Waals surface area contributed by atoms with E-state index in [4.69, 9.17) is 14.3 Å². The first-order valence-corrected chi connectivity index (χ1v) is 5.13. The van der Waals surface area contributed by atoms with Crippen LogP contribution < -0.4 is 0 Å². The van der Waals surface area contributed by atoms with E-state index < -0.39 is 24.2 Å². The smallest absolute Gasteiger partial charge is 0.329 e. The molecule has 19 heavy (non-hydrogen) atoms. The van der Waals surface area contributed by atoms with Crippen molar-refractivity contribution >= 4 is 5.97 Å². The molecule has 0 aliphatic carbocycles. The number of carboxylic acids is 1. The fourth-order valence-corrected chi connectivity index (χ4v) is 1.31. The van der Waals surface area contributed by atoms with Gasteiger partial charge in [-0.05, 0) is 18.2 Å². The number of hydrogen-bond donors (Lipinski definition) is 1. The molecule has 0 bridgehead atoms. The normalized spacial score (nSPS) is 10.6. The van der Waals surface area contributed by atoms with E-state index in [9.17, 15) is 13.6 Å². The summed E-state index contributed by atoms with van der Waals surface area (Å²) < 4.78 is 36.2. The highest BCUT2D eigenvalue weighted by Crippen LogP contribution is 2.22. The van der Waals surface area contributed by atoms with Crippen LogP contribution >= 0.6 is 0 Å². The predicted molar refractivity (Wildman–Crippen MR) is 56.9 cm³/mol. The van der Waals surface area contributed by atoms with Crippen molar-refractivity contribution in [2.75, 3.05) is 6.61 Å². The molecule has 2 rings (SSSR count). The van der Waals surface area contributed by atoms with Gasteiger partial charge in [0.1, 0.15) is 24.8 Å². The van der Waals surface area contributed by atoms with Crippen molar-refractivity contribution in [1.82, 2.24) is 10.2 Å². The third kappa shape index (κ3) is 3.32. The van der Waals surface area contributed by atoms with Crippen LogP contribution in [0.15, 0.2) is 22.6 Å². The number of aromatic nitrogens is 2. The van der Waals surface area contributed by atoms with E-state index in [0.717, 1.165) is 18.2 Å². The molecule has 0 saturated heterocycles. The van der Waals surface area contributed by atoms with Gasteiger partial charge < -0.3 is 14.3 Å². The van der Waals surface area contributed by atoms with Crippen LogP contribution in [0.5, 0.6) is 0 Å². The Kier molecular flexibility index (Phi) is 3.81. The van der Waals surface area contributed by atoms with Gasteiger partial charge in [0.15, 0.2) is 0 Å². The molecule has 0 saturated carbocycles. The number of hydrogen-bond acceptors (Lipinski definition) is 5. The van der Waals surface area contributed by atoms with Crippen LogP contribution in [0.3, 0.4) is 0 Å². The molecule has 0 amide bonds. The maximum Gasteiger partial charge on any atom is 0.329 e. The van der Waals surface area contributed by atoms with E-state index in [2.05, 4.69) is 10.2 Å². The molecule has 0 fully saturated rings. The lowest BCUT2D eigenvalue weighted by Crippen LogP contribution is -2.06. The highest BCUT2D eigenvalue weighted by molar-refractivity contribution is 5.67. The van der Waals surface area contributed by atoms with E-state index in [1.54, 1.807) is 0 Å². The molecule has 0 aliphatic rings. The molecule has 8 heteroatoms. The number of halogens is 2. The first kappa shape index (κ1) is 13.1. The van der Waals surface area contributed by atoms with Crippen molar-refractivity contribution in [2.45, 2.75) is 6.61 Å². The number of nitrogens with zero attached hydrogens (tertiary/aromatic N) is 2. The SMILES string of the molecule is O=C(O)COCc1nnc(-c2cc(F)ccc2F)o1. The molecule has 1 heterocycles. The first-order valence-electron chi connectivity index (χ1n) is 5.13. The van der Waals surface area contributed by atoms with Gasteiger partial charge in [-0.3, -0.25) is 0 Å². The summed E-state index contributed by atoms with van der Waals surface area (Å²) >= 11 is 0. The highest BCUT2D eigenvalue weighted by atomic mass is 19.1. The Morgan fingerprint density at radius 2 is 2.16 bits per heavy atom. The van der Waals surface area contributed by atoms with Crippen molar-refractivity contribution in [2.24, 2.45) is 0 Å². The van der Waals surface area contributed by atoms with Crippen LogP contribution in [-0.2, 0) is 16.1 Å². The second kappa shape index (κ2) is 5.53. The van der Waals surface area contributed by atoms with Gasteiger partial charge in [0.25, 0.3) is 5.89 Å². The van der Waals surface area contributed by atoms with Gasteiger partial charge in [-0.1, -0.05) is 0 Å². The summed E-state index contributed by atoms with van der Waals surface area (Å²) in [5.74, 6) is -2.72. The minimum absolute atomic E-state index is 0.0279. The molecule has 0 aliphatic heterocycles. The molecule has 6 nitrogen and oxygen atoms in total. The monoisotopic (exact) mass is 270 g/mol. The summed E-state index contributed by atoms with van der Waals surface area (Å²) in [7, 11) is 0. The van der Waals surface area contributed by atoms with E-state index in [0.29, 0.717) is 0 Å². The molecular weight excluding hydrogens is 262 g/mol. The fraction of sp³-hybridized carbons (Fsp3) is 0.182. The predicted octanol–water partition coefficient (Wildman–Crippen LogP) is 1.62. The molecule has 1 aromatic heterocycles. The molecular formula is C11H8F2N2O4. The Labute approximate surface area is 105 Å². The fourth-order valence-electron chi connectivity index (χ4n) is 1.31. The number of carbonyl (C=O) groups is 1. The molecule has 1 aromatic carbocycles. The average molecular weight is 270 g/mol. The zero-order valence-electron chi connectivity index (χ0n) is 9.47. The van der Waals surface area contributed by atoms with Gasteiger partial charge in [0.2, 0.25) is 5.89 Å². The van der Waals surface area contributed by atoms with Crippen molar-refractivity contribution in [3.05, 3.63) is 35.7 Å². The third-order valence-electron chi connectivity index (χ3n) is 2.08. The molecule has 0 unspecified atom stereocenters. The molecule has 2 aromatic rings. The van der Waals surface area contributed by atoms with Crippen LogP contribution in [-0.4, -0.2) is 27.9 Å². The maximum atomic E-state index is 13.4. The lowest BCUT2D eigenvalue weighted by molar-refractivity contribution is -0.142. The zero-order valence-corrected chi connectivity index (χ0v) is 9.47. The van der Waals surface area contributed by atoms with Gasteiger partial charge in [0, 0.05) is 0 Å². The summed E-state index contributed by atoms with van der Waals surface area (Å²) in [6.45, 7) is -0.748. The van der Waals surface area contributed by atoms with Crippen molar-refractivity contribution < 1.29 is 27.8 Å². The molecule has 1 N–H and O–H groups in total. The second-order valence-electron chi connectivity index (χ2n) is 3.51. The minimum Gasteiger partial charge on any atom is -0.480 e. The molecule has 0 atom stereocenters. The lowest BCUT2D eigenvalue weighted by Gasteiger charge is -1.97. The summed E-state index contributed by atoms with van der Waals surface area (Å²) in [6, 6.07) is 2.83. The number of ether oxygens (including phenoxy) is 1. The van der Waals surface area contributed by atoms with E-state index >= 15 is 0 Å². The first-order chi connectivity index (χ1) is 9.06. The Balaban J connectivity index is 2.12. The Hall–Kier alpha value is -2.35. The van der Waals surface area contributed by atoms with Gasteiger partial charge in [-0.25, -0.2) is 13.6 Å². The number of carboxylic acid groups (broad SMARTS) is 1. The Morgan fingerprint density at radius 3 is 2.89 bits per heavy atom. The summed E-state index contributed by atoms with van der Waals surface area (Å²) in [5.41, 5.74) is -0.169. The topological polar surface area (TPSA) is 85.5 Å². The van der Waals surface area contributed by atoms with Crippen LogP contribution in [0.2, 0.25) is 0 Å². The summed E-state index contributed by atoms with van der Waals surface area (Å²) in [6.07, 6.45) is 0. The van der Waals surface area contributed by atoms with Crippen LogP contribution in [0.4, 0.5) is 8.78 Å².